The highest BCUT2D eigenvalue weighted by atomic mass is 32.2. The topological polar surface area (TPSA) is 93.5 Å². The molecule has 3 rings (SSSR count). The molecule has 18 heavy (non-hydrogen) atoms. The highest BCUT2D eigenvalue weighted by molar-refractivity contribution is 7.86. The van der Waals surface area contributed by atoms with Gasteiger partial charge in [0.1, 0.15) is 16.1 Å². The second-order valence-corrected chi connectivity index (χ2v) is 5.35. The first-order chi connectivity index (χ1) is 8.47. The van der Waals surface area contributed by atoms with Crippen LogP contribution in [0.25, 0.3) is 21.9 Å². The lowest BCUT2D eigenvalue weighted by molar-refractivity contribution is 0.484. The Morgan fingerprint density at radius 1 is 1.06 bits per heavy atom. The van der Waals surface area contributed by atoms with Gasteiger partial charge in [-0.15, -0.1) is 0 Å². The van der Waals surface area contributed by atoms with E-state index in [1.807, 2.05) is 18.2 Å². The van der Waals surface area contributed by atoms with E-state index in [0.29, 0.717) is 16.6 Å². The molecule has 0 spiro atoms. The monoisotopic (exact) mass is 263 g/mol. The fraction of sp³-hybridized carbons (Fsp3) is 0. The van der Waals surface area contributed by atoms with Crippen LogP contribution in [0.3, 0.4) is 0 Å². The molecule has 3 aromatic rings. The molecule has 0 saturated heterocycles. The van der Waals surface area contributed by atoms with Crippen molar-refractivity contribution in [3.63, 3.8) is 0 Å². The van der Waals surface area contributed by atoms with Crippen LogP contribution < -0.4 is 5.73 Å². The summed E-state index contributed by atoms with van der Waals surface area (Å²) in [6.45, 7) is 0. The van der Waals surface area contributed by atoms with E-state index < -0.39 is 10.1 Å². The van der Waals surface area contributed by atoms with Gasteiger partial charge in [-0.1, -0.05) is 18.2 Å². The molecule has 92 valence electrons. The fourth-order valence-electron chi connectivity index (χ4n) is 1.99. The van der Waals surface area contributed by atoms with E-state index in [9.17, 15) is 8.42 Å². The number of para-hydroxylation sites is 1. The van der Waals surface area contributed by atoms with Crippen molar-refractivity contribution in [2.24, 2.45) is 0 Å². The van der Waals surface area contributed by atoms with E-state index in [2.05, 4.69) is 0 Å². The number of anilines is 1. The first kappa shape index (κ1) is 11.1. The summed E-state index contributed by atoms with van der Waals surface area (Å²) < 4.78 is 37.0. The molecule has 0 bridgehead atoms. The summed E-state index contributed by atoms with van der Waals surface area (Å²) >= 11 is 0. The zero-order valence-electron chi connectivity index (χ0n) is 9.12. The van der Waals surface area contributed by atoms with E-state index >= 15 is 0 Å². The quantitative estimate of drug-likeness (QED) is 0.519. The molecular formula is C12H9NO4S. The smallest absolute Gasteiger partial charge is 0.296 e. The number of hydrogen-bond donors (Lipinski definition) is 2. The van der Waals surface area contributed by atoms with Crippen LogP contribution in [0.2, 0.25) is 0 Å². The third-order valence-electron chi connectivity index (χ3n) is 2.79. The van der Waals surface area contributed by atoms with E-state index in [0.717, 1.165) is 5.39 Å². The summed E-state index contributed by atoms with van der Waals surface area (Å²) in [5.74, 6) is 0. The molecule has 1 heterocycles. The van der Waals surface area contributed by atoms with Crippen molar-refractivity contribution < 1.29 is 17.4 Å². The lowest BCUT2D eigenvalue weighted by Gasteiger charge is -2.01. The molecule has 0 fully saturated rings. The SMILES string of the molecule is Nc1cc2oc3ccccc3c2cc1S(=O)(=O)O. The molecule has 0 unspecified atom stereocenters. The number of furan rings is 1. The summed E-state index contributed by atoms with van der Waals surface area (Å²) in [6.07, 6.45) is 0. The minimum atomic E-state index is -4.34. The van der Waals surface area contributed by atoms with Crippen molar-refractivity contribution in [1.29, 1.82) is 0 Å². The lowest BCUT2D eigenvalue weighted by Crippen LogP contribution is -2.02. The van der Waals surface area contributed by atoms with Crippen molar-refractivity contribution in [3.05, 3.63) is 36.4 Å². The Morgan fingerprint density at radius 2 is 1.78 bits per heavy atom. The third kappa shape index (κ3) is 1.54. The maximum absolute atomic E-state index is 11.2. The van der Waals surface area contributed by atoms with Crippen LogP contribution >= 0.6 is 0 Å². The number of fused-ring (bicyclic) bond motifs is 3. The van der Waals surface area contributed by atoms with Crippen molar-refractivity contribution >= 4 is 37.7 Å². The van der Waals surface area contributed by atoms with Crippen LogP contribution in [0.4, 0.5) is 5.69 Å². The number of benzene rings is 2. The van der Waals surface area contributed by atoms with Gasteiger partial charge in [-0.25, -0.2) is 0 Å². The van der Waals surface area contributed by atoms with Crippen molar-refractivity contribution in [3.8, 4) is 0 Å². The Hall–Kier alpha value is -2.05. The van der Waals surface area contributed by atoms with Crippen LogP contribution in [0.15, 0.2) is 45.7 Å². The summed E-state index contributed by atoms with van der Waals surface area (Å²) in [6, 6.07) is 9.95. The average molecular weight is 263 g/mol. The summed E-state index contributed by atoms with van der Waals surface area (Å²) in [7, 11) is -4.34. The van der Waals surface area contributed by atoms with E-state index in [1.54, 1.807) is 6.07 Å². The maximum Gasteiger partial charge on any atom is 0.296 e. The van der Waals surface area contributed by atoms with Crippen LogP contribution in [0.1, 0.15) is 0 Å². The Balaban J connectivity index is 2.50. The van der Waals surface area contributed by atoms with Gasteiger partial charge in [-0.2, -0.15) is 8.42 Å². The second-order valence-electron chi connectivity index (χ2n) is 3.96. The van der Waals surface area contributed by atoms with Gasteiger partial charge in [0, 0.05) is 16.8 Å². The van der Waals surface area contributed by atoms with Crippen molar-refractivity contribution in [1.82, 2.24) is 0 Å². The summed E-state index contributed by atoms with van der Waals surface area (Å²) in [5.41, 5.74) is 6.68. The van der Waals surface area contributed by atoms with Crippen molar-refractivity contribution in [2.45, 2.75) is 4.90 Å². The Labute approximate surface area is 103 Å². The normalized spacial score (nSPS) is 12.3. The Kier molecular flexibility index (Phi) is 2.13. The van der Waals surface area contributed by atoms with E-state index in [4.69, 9.17) is 14.7 Å². The lowest BCUT2D eigenvalue weighted by atomic mass is 10.1. The molecule has 3 N–H and O–H groups in total. The van der Waals surface area contributed by atoms with Gasteiger partial charge in [-0.05, 0) is 12.1 Å². The molecule has 0 radical (unpaired) electrons. The molecule has 0 amide bonds. The highest BCUT2D eigenvalue weighted by Crippen LogP contribution is 2.33. The summed E-state index contributed by atoms with van der Waals surface area (Å²) in [4.78, 5) is -0.304. The first-order valence-corrected chi connectivity index (χ1v) is 6.59. The molecule has 1 aromatic heterocycles. The molecule has 5 nitrogen and oxygen atoms in total. The van der Waals surface area contributed by atoms with Crippen LogP contribution in [-0.4, -0.2) is 13.0 Å². The number of nitrogen functional groups attached to an aromatic ring is 1. The predicted octanol–water partition coefficient (Wildman–Crippen LogP) is 2.41. The molecule has 0 aliphatic carbocycles. The minimum Gasteiger partial charge on any atom is -0.456 e. The molecule has 0 aliphatic heterocycles. The van der Waals surface area contributed by atoms with Crippen LogP contribution in [-0.2, 0) is 10.1 Å². The number of nitrogens with two attached hydrogens (primary N) is 1. The standard InChI is InChI=1S/C12H9NO4S/c13-9-6-11-8(5-12(9)18(14,15)16)7-3-1-2-4-10(7)17-11/h1-6H,13H2,(H,14,15,16). The Bertz CT molecular complexity index is 864. The molecule has 0 atom stereocenters. The maximum atomic E-state index is 11.2. The third-order valence-corrected chi connectivity index (χ3v) is 3.70. The van der Waals surface area contributed by atoms with Gasteiger partial charge in [0.25, 0.3) is 10.1 Å². The van der Waals surface area contributed by atoms with E-state index in [1.165, 1.54) is 12.1 Å². The van der Waals surface area contributed by atoms with Gasteiger partial charge in [0.2, 0.25) is 0 Å². The fourth-order valence-corrected chi connectivity index (χ4v) is 2.61. The first-order valence-electron chi connectivity index (χ1n) is 5.15. The molecule has 6 heteroatoms. The van der Waals surface area contributed by atoms with Crippen LogP contribution in [0, 0.1) is 0 Å². The van der Waals surface area contributed by atoms with Gasteiger partial charge < -0.3 is 10.2 Å². The molecule has 0 aliphatic rings. The van der Waals surface area contributed by atoms with E-state index in [-0.39, 0.29) is 10.6 Å². The molecular weight excluding hydrogens is 254 g/mol. The predicted molar refractivity (Wildman–Crippen MR) is 67.9 cm³/mol. The molecule has 0 saturated carbocycles. The highest BCUT2D eigenvalue weighted by Gasteiger charge is 2.17. The van der Waals surface area contributed by atoms with Crippen molar-refractivity contribution in [2.75, 3.05) is 5.73 Å². The number of rotatable bonds is 1. The van der Waals surface area contributed by atoms with Gasteiger partial charge in [-0.3, -0.25) is 4.55 Å². The van der Waals surface area contributed by atoms with Gasteiger partial charge in [0.15, 0.2) is 0 Å². The van der Waals surface area contributed by atoms with Crippen LogP contribution in [0.5, 0.6) is 0 Å². The average Bonchev–Trinajstić information content (AvgIpc) is 2.63. The zero-order chi connectivity index (χ0) is 12.9. The molecule has 2 aromatic carbocycles. The zero-order valence-corrected chi connectivity index (χ0v) is 9.94. The Morgan fingerprint density at radius 3 is 2.50 bits per heavy atom. The summed E-state index contributed by atoms with van der Waals surface area (Å²) in [5, 5.41) is 1.38. The second kappa shape index (κ2) is 3.47. The number of hydrogen-bond acceptors (Lipinski definition) is 4. The largest absolute Gasteiger partial charge is 0.456 e. The van der Waals surface area contributed by atoms with Gasteiger partial charge >= 0.3 is 0 Å². The van der Waals surface area contributed by atoms with Gasteiger partial charge in [0.05, 0.1) is 5.69 Å². The minimum absolute atomic E-state index is 0.0379.